The first kappa shape index (κ1) is 33.6. The summed E-state index contributed by atoms with van der Waals surface area (Å²) >= 11 is 0. The standard InChI is InChI=1S/C56H38N2/c1-5-17-39(18-6-1)40-29-31-44(32-30-40)57(46-34-36-50-49-26-15-16-28-53(49)58(54(50)38-46)43-23-11-4-12-24-43)45-33-35-48-47-25-13-14-27-51(47)55(41-19-7-2-8-20-41)56(52(48)37-45)42-21-9-3-10-22-42/h1-38H. The fraction of sp³-hybridized carbons (Fsp3) is 0. The maximum Gasteiger partial charge on any atom is 0.0561 e. The van der Waals surface area contributed by atoms with Gasteiger partial charge in [0.25, 0.3) is 0 Å². The van der Waals surface area contributed by atoms with Gasteiger partial charge in [0.1, 0.15) is 0 Å². The molecule has 58 heavy (non-hydrogen) atoms. The highest BCUT2D eigenvalue weighted by Gasteiger charge is 2.22. The van der Waals surface area contributed by atoms with Crippen molar-refractivity contribution in [3.63, 3.8) is 0 Å². The number of hydrogen-bond donors (Lipinski definition) is 0. The van der Waals surface area contributed by atoms with E-state index in [1.54, 1.807) is 0 Å². The Morgan fingerprint density at radius 3 is 1.34 bits per heavy atom. The van der Waals surface area contributed by atoms with Gasteiger partial charge in [-0.15, -0.1) is 0 Å². The van der Waals surface area contributed by atoms with Gasteiger partial charge in [0, 0.05) is 33.5 Å². The summed E-state index contributed by atoms with van der Waals surface area (Å²) in [5, 5.41) is 7.41. The van der Waals surface area contributed by atoms with Gasteiger partial charge < -0.3 is 9.47 Å². The molecule has 1 aromatic heterocycles. The van der Waals surface area contributed by atoms with Crippen LogP contribution in [0.4, 0.5) is 17.1 Å². The second kappa shape index (κ2) is 14.1. The molecule has 1 heterocycles. The van der Waals surface area contributed by atoms with E-state index in [1.807, 2.05) is 0 Å². The van der Waals surface area contributed by atoms with Crippen molar-refractivity contribution in [3.8, 4) is 39.1 Å². The lowest BCUT2D eigenvalue weighted by Crippen LogP contribution is -2.10. The van der Waals surface area contributed by atoms with Crippen LogP contribution in [-0.4, -0.2) is 4.57 Å². The van der Waals surface area contributed by atoms with Crippen molar-refractivity contribution in [1.82, 2.24) is 4.57 Å². The summed E-state index contributed by atoms with van der Waals surface area (Å²) in [7, 11) is 0. The van der Waals surface area contributed by atoms with Gasteiger partial charge in [0.05, 0.1) is 11.0 Å². The summed E-state index contributed by atoms with van der Waals surface area (Å²) in [5.41, 5.74) is 14.0. The number of nitrogens with zero attached hydrogens (tertiary/aromatic N) is 2. The Kier molecular flexibility index (Phi) is 8.19. The summed E-state index contributed by atoms with van der Waals surface area (Å²) in [6, 6.07) is 83.7. The van der Waals surface area contributed by atoms with Crippen molar-refractivity contribution in [2.24, 2.45) is 0 Å². The maximum absolute atomic E-state index is 2.42. The molecule has 10 aromatic carbocycles. The molecule has 0 radical (unpaired) electrons. The minimum Gasteiger partial charge on any atom is -0.310 e. The fourth-order valence-corrected chi connectivity index (χ4v) is 8.96. The van der Waals surface area contributed by atoms with Crippen LogP contribution in [0.25, 0.3) is 82.4 Å². The van der Waals surface area contributed by atoms with Gasteiger partial charge in [-0.3, -0.25) is 0 Å². The van der Waals surface area contributed by atoms with Crippen LogP contribution in [0.1, 0.15) is 0 Å². The second-order valence-corrected chi connectivity index (χ2v) is 14.9. The van der Waals surface area contributed by atoms with Crippen molar-refractivity contribution >= 4 is 60.4 Å². The topological polar surface area (TPSA) is 8.17 Å². The number of hydrogen-bond acceptors (Lipinski definition) is 1. The summed E-state index contributed by atoms with van der Waals surface area (Å²) in [4.78, 5) is 2.42. The molecule has 0 aliphatic rings. The number of rotatable bonds is 7. The van der Waals surface area contributed by atoms with Crippen LogP contribution in [0.15, 0.2) is 231 Å². The van der Waals surface area contributed by atoms with Crippen molar-refractivity contribution in [2.75, 3.05) is 4.90 Å². The Bertz CT molecular complexity index is 3240. The molecular weight excluding hydrogens is 701 g/mol. The molecule has 11 rings (SSSR count). The molecule has 272 valence electrons. The predicted molar refractivity (Wildman–Crippen MR) is 247 cm³/mol. The predicted octanol–water partition coefficient (Wildman–Crippen LogP) is 15.6. The number of aromatic nitrogens is 1. The van der Waals surface area contributed by atoms with E-state index >= 15 is 0 Å². The second-order valence-electron chi connectivity index (χ2n) is 14.9. The molecule has 0 saturated carbocycles. The molecule has 0 N–H and O–H groups in total. The van der Waals surface area contributed by atoms with Gasteiger partial charge in [-0.2, -0.15) is 0 Å². The van der Waals surface area contributed by atoms with Crippen LogP contribution in [0.3, 0.4) is 0 Å². The van der Waals surface area contributed by atoms with Crippen LogP contribution in [0.2, 0.25) is 0 Å². The third kappa shape index (κ3) is 5.66. The molecular formula is C56H38N2. The molecule has 0 spiro atoms. The molecule has 0 bridgehead atoms. The lowest BCUT2D eigenvalue weighted by Gasteiger charge is -2.27. The van der Waals surface area contributed by atoms with E-state index in [9.17, 15) is 0 Å². The lowest BCUT2D eigenvalue weighted by atomic mass is 9.85. The summed E-state index contributed by atoms with van der Waals surface area (Å²) in [5.74, 6) is 0. The van der Waals surface area contributed by atoms with Crippen LogP contribution < -0.4 is 4.90 Å². The van der Waals surface area contributed by atoms with Gasteiger partial charge >= 0.3 is 0 Å². The zero-order chi connectivity index (χ0) is 38.4. The van der Waals surface area contributed by atoms with Crippen molar-refractivity contribution in [2.45, 2.75) is 0 Å². The van der Waals surface area contributed by atoms with Crippen molar-refractivity contribution < 1.29 is 0 Å². The number of para-hydroxylation sites is 2. The molecule has 0 unspecified atom stereocenters. The van der Waals surface area contributed by atoms with Crippen molar-refractivity contribution in [1.29, 1.82) is 0 Å². The fourth-order valence-electron chi connectivity index (χ4n) is 8.96. The first-order chi connectivity index (χ1) is 28.8. The third-order valence-electron chi connectivity index (χ3n) is 11.6. The first-order valence-corrected chi connectivity index (χ1v) is 19.9. The molecule has 0 aliphatic carbocycles. The molecule has 2 nitrogen and oxygen atoms in total. The molecule has 0 atom stereocenters. The van der Waals surface area contributed by atoms with Crippen LogP contribution >= 0.6 is 0 Å². The van der Waals surface area contributed by atoms with E-state index in [0.29, 0.717) is 0 Å². The summed E-state index contributed by atoms with van der Waals surface area (Å²) < 4.78 is 2.40. The minimum absolute atomic E-state index is 1.09. The average Bonchev–Trinajstić information content (AvgIpc) is 3.63. The molecule has 0 amide bonds. The quantitative estimate of drug-likeness (QED) is 0.148. The average molecular weight is 739 g/mol. The van der Waals surface area contributed by atoms with Gasteiger partial charge in [-0.05, 0) is 110 Å². The lowest BCUT2D eigenvalue weighted by molar-refractivity contribution is 1.18. The summed E-state index contributed by atoms with van der Waals surface area (Å²) in [6.45, 7) is 0. The number of benzene rings is 10. The Morgan fingerprint density at radius 2 is 0.690 bits per heavy atom. The first-order valence-electron chi connectivity index (χ1n) is 19.9. The van der Waals surface area contributed by atoms with E-state index in [0.717, 1.165) is 22.7 Å². The highest BCUT2D eigenvalue weighted by Crippen LogP contribution is 2.47. The monoisotopic (exact) mass is 738 g/mol. The minimum atomic E-state index is 1.09. The van der Waals surface area contributed by atoms with Gasteiger partial charge in [0.15, 0.2) is 0 Å². The van der Waals surface area contributed by atoms with Crippen LogP contribution in [-0.2, 0) is 0 Å². The smallest absolute Gasteiger partial charge is 0.0561 e. The Hall–Kier alpha value is -7.68. The van der Waals surface area contributed by atoms with Crippen molar-refractivity contribution in [3.05, 3.63) is 231 Å². The van der Waals surface area contributed by atoms with E-state index in [2.05, 4.69) is 240 Å². The van der Waals surface area contributed by atoms with Crippen LogP contribution in [0.5, 0.6) is 0 Å². The zero-order valence-corrected chi connectivity index (χ0v) is 31.8. The normalized spacial score (nSPS) is 11.4. The summed E-state index contributed by atoms with van der Waals surface area (Å²) in [6.07, 6.45) is 0. The van der Waals surface area contributed by atoms with E-state index in [4.69, 9.17) is 0 Å². The Morgan fingerprint density at radius 1 is 0.259 bits per heavy atom. The Labute approximate surface area is 338 Å². The molecule has 2 heteroatoms. The van der Waals surface area contributed by atoms with Gasteiger partial charge in [0.2, 0.25) is 0 Å². The Balaban J connectivity index is 1.20. The van der Waals surface area contributed by atoms with E-state index in [1.165, 1.54) is 76.7 Å². The number of anilines is 3. The molecule has 0 aliphatic heterocycles. The molecule has 0 saturated heterocycles. The zero-order valence-electron chi connectivity index (χ0n) is 31.8. The van der Waals surface area contributed by atoms with Gasteiger partial charge in [-0.1, -0.05) is 176 Å². The number of fused-ring (bicyclic) bond motifs is 6. The largest absolute Gasteiger partial charge is 0.310 e. The highest BCUT2D eigenvalue weighted by atomic mass is 15.1. The van der Waals surface area contributed by atoms with E-state index in [-0.39, 0.29) is 0 Å². The third-order valence-corrected chi connectivity index (χ3v) is 11.6. The van der Waals surface area contributed by atoms with Crippen LogP contribution in [0, 0.1) is 0 Å². The van der Waals surface area contributed by atoms with Gasteiger partial charge in [-0.25, -0.2) is 0 Å². The van der Waals surface area contributed by atoms with E-state index < -0.39 is 0 Å². The molecule has 11 aromatic rings. The molecule has 0 fully saturated rings. The SMILES string of the molecule is c1ccc(-c2ccc(N(c3ccc4c(c3)c(-c3ccccc3)c(-c3ccccc3)c3ccccc34)c3ccc4c5ccccc5n(-c5ccccc5)c4c3)cc2)cc1. The highest BCUT2D eigenvalue weighted by molar-refractivity contribution is 6.22. The maximum atomic E-state index is 2.42.